The smallest absolute Gasteiger partial charge is 0.0406 e. The number of benzene rings is 1. The molecule has 0 aliphatic carbocycles. The molecule has 0 N–H and O–H groups in total. The SMILES string of the molecule is CC(Cl)CC(C)c1ccc(Cl)cc1. The van der Waals surface area contributed by atoms with Crippen molar-refractivity contribution in [2.75, 3.05) is 0 Å². The molecule has 0 aromatic heterocycles. The van der Waals surface area contributed by atoms with E-state index in [0.29, 0.717) is 5.92 Å². The predicted molar refractivity (Wildman–Crippen MR) is 59.8 cm³/mol. The molecular weight excluding hydrogens is 203 g/mol. The monoisotopic (exact) mass is 216 g/mol. The van der Waals surface area contributed by atoms with Gasteiger partial charge in [-0.25, -0.2) is 0 Å². The van der Waals surface area contributed by atoms with Gasteiger partial charge in [0.25, 0.3) is 0 Å². The van der Waals surface area contributed by atoms with E-state index in [1.54, 1.807) is 0 Å². The fourth-order valence-electron chi connectivity index (χ4n) is 1.41. The van der Waals surface area contributed by atoms with E-state index in [4.69, 9.17) is 23.2 Å². The van der Waals surface area contributed by atoms with E-state index in [1.165, 1.54) is 5.56 Å². The molecule has 0 spiro atoms. The summed E-state index contributed by atoms with van der Waals surface area (Å²) in [6.07, 6.45) is 1.00. The average Bonchev–Trinajstić information content (AvgIpc) is 2.04. The molecule has 0 saturated carbocycles. The Balaban J connectivity index is 2.66. The van der Waals surface area contributed by atoms with Crippen molar-refractivity contribution in [2.45, 2.75) is 31.6 Å². The molecule has 0 heterocycles. The lowest BCUT2D eigenvalue weighted by atomic mass is 9.97. The lowest BCUT2D eigenvalue weighted by Crippen LogP contribution is -2.00. The van der Waals surface area contributed by atoms with E-state index in [1.807, 2.05) is 19.1 Å². The molecule has 2 atom stereocenters. The number of rotatable bonds is 3. The quantitative estimate of drug-likeness (QED) is 0.655. The first-order valence-corrected chi connectivity index (χ1v) is 5.30. The van der Waals surface area contributed by atoms with Gasteiger partial charge in [-0.2, -0.15) is 0 Å². The Bertz CT molecular complexity index is 251. The topological polar surface area (TPSA) is 0 Å². The summed E-state index contributed by atoms with van der Waals surface area (Å²) < 4.78 is 0. The van der Waals surface area contributed by atoms with E-state index in [0.717, 1.165) is 11.4 Å². The van der Waals surface area contributed by atoms with Gasteiger partial charge in [0, 0.05) is 10.4 Å². The summed E-state index contributed by atoms with van der Waals surface area (Å²) in [5, 5.41) is 1.01. The standard InChI is InChI=1S/C11H14Cl2/c1-8(7-9(2)12)10-3-5-11(13)6-4-10/h3-6,8-9H,7H2,1-2H3. The highest BCUT2D eigenvalue weighted by molar-refractivity contribution is 6.30. The maximum absolute atomic E-state index is 5.93. The van der Waals surface area contributed by atoms with Gasteiger partial charge in [-0.1, -0.05) is 30.7 Å². The summed E-state index contributed by atoms with van der Waals surface area (Å²) in [5.41, 5.74) is 1.30. The summed E-state index contributed by atoms with van der Waals surface area (Å²) in [5.74, 6) is 0.504. The summed E-state index contributed by atoms with van der Waals surface area (Å²) >= 11 is 11.7. The van der Waals surface area contributed by atoms with Gasteiger partial charge in [0.15, 0.2) is 0 Å². The zero-order valence-electron chi connectivity index (χ0n) is 7.93. The second-order valence-electron chi connectivity index (χ2n) is 3.47. The molecule has 1 aromatic carbocycles. The molecule has 1 rings (SSSR count). The maximum atomic E-state index is 5.93. The third-order valence-electron chi connectivity index (χ3n) is 2.12. The summed E-state index contributed by atoms with van der Waals surface area (Å²) in [4.78, 5) is 0. The molecule has 1 aromatic rings. The minimum absolute atomic E-state index is 0.227. The Morgan fingerprint density at radius 3 is 2.15 bits per heavy atom. The lowest BCUT2D eigenvalue weighted by molar-refractivity contribution is 0.671. The molecular formula is C11H14Cl2. The normalized spacial score (nSPS) is 15.4. The fraction of sp³-hybridized carbons (Fsp3) is 0.455. The number of alkyl halides is 1. The van der Waals surface area contributed by atoms with Gasteiger partial charge in [-0.15, -0.1) is 11.6 Å². The number of hydrogen-bond donors (Lipinski definition) is 0. The molecule has 0 radical (unpaired) electrons. The summed E-state index contributed by atoms with van der Waals surface area (Å²) in [7, 11) is 0. The zero-order chi connectivity index (χ0) is 9.84. The second kappa shape index (κ2) is 4.88. The van der Waals surface area contributed by atoms with Gasteiger partial charge in [0.1, 0.15) is 0 Å². The third-order valence-corrected chi connectivity index (χ3v) is 2.55. The van der Waals surface area contributed by atoms with Crippen molar-refractivity contribution in [1.82, 2.24) is 0 Å². The van der Waals surface area contributed by atoms with Gasteiger partial charge < -0.3 is 0 Å². The van der Waals surface area contributed by atoms with Crippen molar-refractivity contribution in [3.8, 4) is 0 Å². The Labute approximate surface area is 89.9 Å². The largest absolute Gasteiger partial charge is 0.123 e. The Morgan fingerprint density at radius 1 is 1.15 bits per heavy atom. The fourth-order valence-corrected chi connectivity index (χ4v) is 1.81. The minimum atomic E-state index is 0.227. The molecule has 2 unspecified atom stereocenters. The van der Waals surface area contributed by atoms with Crippen molar-refractivity contribution in [3.05, 3.63) is 34.9 Å². The average molecular weight is 217 g/mol. The van der Waals surface area contributed by atoms with E-state index < -0.39 is 0 Å². The first kappa shape index (κ1) is 10.9. The molecule has 0 aliphatic rings. The second-order valence-corrected chi connectivity index (χ2v) is 4.65. The molecule has 0 bridgehead atoms. The maximum Gasteiger partial charge on any atom is 0.0406 e. The van der Waals surface area contributed by atoms with Crippen molar-refractivity contribution in [2.24, 2.45) is 0 Å². The Hall–Kier alpha value is -0.200. The first-order chi connectivity index (χ1) is 6.09. The highest BCUT2D eigenvalue weighted by atomic mass is 35.5. The molecule has 0 nitrogen and oxygen atoms in total. The highest BCUT2D eigenvalue weighted by Gasteiger charge is 2.08. The van der Waals surface area contributed by atoms with E-state index >= 15 is 0 Å². The summed E-state index contributed by atoms with van der Waals surface area (Å²) in [6, 6.07) is 7.97. The van der Waals surface area contributed by atoms with Crippen LogP contribution in [0.15, 0.2) is 24.3 Å². The van der Waals surface area contributed by atoms with Crippen LogP contribution in [0.25, 0.3) is 0 Å². The third kappa shape index (κ3) is 3.58. The molecule has 13 heavy (non-hydrogen) atoms. The Morgan fingerprint density at radius 2 is 1.69 bits per heavy atom. The lowest BCUT2D eigenvalue weighted by Gasteiger charge is -2.12. The van der Waals surface area contributed by atoms with Crippen molar-refractivity contribution in [1.29, 1.82) is 0 Å². The zero-order valence-corrected chi connectivity index (χ0v) is 9.44. The minimum Gasteiger partial charge on any atom is -0.123 e. The molecule has 0 aliphatic heterocycles. The van der Waals surface area contributed by atoms with Gasteiger partial charge in [0.05, 0.1) is 0 Å². The number of hydrogen-bond acceptors (Lipinski definition) is 0. The van der Waals surface area contributed by atoms with Crippen LogP contribution in [0, 0.1) is 0 Å². The van der Waals surface area contributed by atoms with E-state index in [-0.39, 0.29) is 5.38 Å². The van der Waals surface area contributed by atoms with Gasteiger partial charge in [-0.05, 0) is 37.0 Å². The van der Waals surface area contributed by atoms with Crippen molar-refractivity contribution in [3.63, 3.8) is 0 Å². The van der Waals surface area contributed by atoms with Crippen molar-refractivity contribution >= 4 is 23.2 Å². The van der Waals surface area contributed by atoms with Crippen LogP contribution in [0.2, 0.25) is 5.02 Å². The van der Waals surface area contributed by atoms with Crippen LogP contribution in [0.4, 0.5) is 0 Å². The van der Waals surface area contributed by atoms with Crippen LogP contribution in [-0.4, -0.2) is 5.38 Å². The highest BCUT2D eigenvalue weighted by Crippen LogP contribution is 2.23. The predicted octanol–water partition coefficient (Wildman–Crippen LogP) is 4.46. The van der Waals surface area contributed by atoms with Crippen LogP contribution in [0.1, 0.15) is 31.7 Å². The molecule has 2 heteroatoms. The molecule has 0 fully saturated rings. The first-order valence-electron chi connectivity index (χ1n) is 4.49. The number of halogens is 2. The van der Waals surface area contributed by atoms with E-state index in [9.17, 15) is 0 Å². The Kier molecular flexibility index (Phi) is 4.08. The molecule has 72 valence electrons. The molecule has 0 amide bonds. The molecule has 0 saturated heterocycles. The van der Waals surface area contributed by atoms with Gasteiger partial charge >= 0.3 is 0 Å². The van der Waals surface area contributed by atoms with Gasteiger partial charge in [-0.3, -0.25) is 0 Å². The van der Waals surface area contributed by atoms with E-state index in [2.05, 4.69) is 19.1 Å². The van der Waals surface area contributed by atoms with Crippen LogP contribution < -0.4 is 0 Å². The summed E-state index contributed by atoms with van der Waals surface area (Å²) in [6.45, 7) is 4.20. The van der Waals surface area contributed by atoms with Crippen LogP contribution in [0.3, 0.4) is 0 Å². The van der Waals surface area contributed by atoms with Crippen LogP contribution in [-0.2, 0) is 0 Å². The van der Waals surface area contributed by atoms with Crippen molar-refractivity contribution < 1.29 is 0 Å². The van der Waals surface area contributed by atoms with Crippen LogP contribution >= 0.6 is 23.2 Å². The van der Waals surface area contributed by atoms with Crippen LogP contribution in [0.5, 0.6) is 0 Å². The van der Waals surface area contributed by atoms with Gasteiger partial charge in [0.2, 0.25) is 0 Å².